The molecular formula is C8H14. The molecule has 0 aliphatic heterocycles. The molecule has 0 aromatic carbocycles. The van der Waals surface area contributed by atoms with Crippen LogP contribution in [0.3, 0.4) is 0 Å². The van der Waals surface area contributed by atoms with Crippen LogP contribution in [0.2, 0.25) is 0 Å². The normalized spacial score (nSPS) is 23.1. The summed E-state index contributed by atoms with van der Waals surface area (Å²) >= 11 is 0. The zero-order valence-corrected chi connectivity index (χ0v) is 5.56. The van der Waals surface area contributed by atoms with Crippen LogP contribution in [0, 0.1) is 5.92 Å². The highest BCUT2D eigenvalue weighted by Gasteiger charge is 2.09. The first kappa shape index (κ1) is 5.87. The van der Waals surface area contributed by atoms with E-state index in [4.69, 9.17) is 0 Å². The van der Waals surface area contributed by atoms with Gasteiger partial charge in [-0.25, -0.2) is 0 Å². The first-order valence-corrected chi connectivity index (χ1v) is 3.56. The molecule has 1 aliphatic carbocycles. The highest BCUT2D eigenvalue weighted by atomic mass is 14.2. The van der Waals surface area contributed by atoms with Gasteiger partial charge in [0.15, 0.2) is 0 Å². The summed E-state index contributed by atoms with van der Waals surface area (Å²) in [5.41, 5.74) is 0. The molecule has 0 saturated heterocycles. The molecule has 0 aromatic heterocycles. The molecule has 1 saturated carbocycles. The second kappa shape index (κ2) is 2.91. The van der Waals surface area contributed by atoms with Crippen molar-refractivity contribution in [3.63, 3.8) is 0 Å². The lowest BCUT2D eigenvalue weighted by Gasteiger charge is -1.96. The van der Waals surface area contributed by atoms with E-state index in [1.165, 1.54) is 25.7 Å². The quantitative estimate of drug-likeness (QED) is 0.455. The van der Waals surface area contributed by atoms with Crippen LogP contribution in [0.25, 0.3) is 0 Å². The van der Waals surface area contributed by atoms with Crippen molar-refractivity contribution < 1.29 is 0 Å². The summed E-state index contributed by atoms with van der Waals surface area (Å²) in [5, 5.41) is 0. The van der Waals surface area contributed by atoms with E-state index in [0.29, 0.717) is 0 Å². The summed E-state index contributed by atoms with van der Waals surface area (Å²) in [5.74, 6) is 0.931. The molecule has 1 aliphatic rings. The Labute approximate surface area is 51.6 Å². The van der Waals surface area contributed by atoms with Gasteiger partial charge in [0.25, 0.3) is 0 Å². The van der Waals surface area contributed by atoms with Crippen LogP contribution in [0.4, 0.5) is 0 Å². The van der Waals surface area contributed by atoms with E-state index in [2.05, 4.69) is 19.1 Å². The summed E-state index contributed by atoms with van der Waals surface area (Å²) in [6, 6.07) is 0. The minimum Gasteiger partial charge on any atom is -0.0914 e. The fourth-order valence-electron chi connectivity index (χ4n) is 1.42. The highest BCUT2D eigenvalue weighted by Crippen LogP contribution is 2.25. The minimum absolute atomic E-state index is 0.931. The third-order valence-electron chi connectivity index (χ3n) is 1.86. The van der Waals surface area contributed by atoms with Crippen LogP contribution in [0.15, 0.2) is 12.2 Å². The van der Waals surface area contributed by atoms with Gasteiger partial charge in [-0.15, -0.1) is 0 Å². The highest BCUT2D eigenvalue weighted by molar-refractivity contribution is 4.87. The summed E-state index contributed by atoms with van der Waals surface area (Å²) in [6.07, 6.45) is 10.3. The number of allylic oxidation sites excluding steroid dienone is 2. The van der Waals surface area contributed by atoms with Crippen molar-refractivity contribution in [3.05, 3.63) is 12.2 Å². The maximum atomic E-state index is 2.34. The third-order valence-corrected chi connectivity index (χ3v) is 1.86. The van der Waals surface area contributed by atoms with Gasteiger partial charge in [-0.1, -0.05) is 25.0 Å². The van der Waals surface area contributed by atoms with Crippen LogP contribution >= 0.6 is 0 Å². The lowest BCUT2D eigenvalue weighted by atomic mass is 10.1. The molecule has 0 atom stereocenters. The lowest BCUT2D eigenvalue weighted by molar-refractivity contribution is 0.685. The van der Waals surface area contributed by atoms with Gasteiger partial charge in [0.1, 0.15) is 0 Å². The molecule has 0 heterocycles. The largest absolute Gasteiger partial charge is 0.0914 e. The van der Waals surface area contributed by atoms with E-state index in [1.807, 2.05) is 0 Å². The Morgan fingerprint density at radius 3 is 2.38 bits per heavy atom. The van der Waals surface area contributed by atoms with Crippen molar-refractivity contribution in [2.75, 3.05) is 0 Å². The molecule has 8 heavy (non-hydrogen) atoms. The van der Waals surface area contributed by atoms with Crippen molar-refractivity contribution in [1.29, 1.82) is 0 Å². The van der Waals surface area contributed by atoms with Crippen LogP contribution < -0.4 is 0 Å². The van der Waals surface area contributed by atoms with Crippen molar-refractivity contribution >= 4 is 0 Å². The Morgan fingerprint density at radius 2 is 1.88 bits per heavy atom. The molecular weight excluding hydrogens is 96.1 g/mol. The van der Waals surface area contributed by atoms with Crippen LogP contribution in [0.5, 0.6) is 0 Å². The molecule has 0 radical (unpaired) electrons. The van der Waals surface area contributed by atoms with Crippen molar-refractivity contribution in [3.8, 4) is 0 Å². The average molecular weight is 110 g/mol. The van der Waals surface area contributed by atoms with Gasteiger partial charge in [0, 0.05) is 0 Å². The predicted molar refractivity (Wildman–Crippen MR) is 36.8 cm³/mol. The average Bonchev–Trinajstić information content (AvgIpc) is 2.19. The fraction of sp³-hybridized carbons (Fsp3) is 0.750. The van der Waals surface area contributed by atoms with Gasteiger partial charge < -0.3 is 0 Å². The van der Waals surface area contributed by atoms with E-state index in [-0.39, 0.29) is 0 Å². The third kappa shape index (κ3) is 1.36. The van der Waals surface area contributed by atoms with Crippen LogP contribution in [-0.4, -0.2) is 0 Å². The molecule has 0 nitrogen and oxygen atoms in total. The minimum atomic E-state index is 0.931. The summed E-state index contributed by atoms with van der Waals surface area (Å²) in [7, 11) is 0. The molecule has 46 valence electrons. The van der Waals surface area contributed by atoms with Gasteiger partial charge >= 0.3 is 0 Å². The summed E-state index contributed by atoms with van der Waals surface area (Å²) in [4.78, 5) is 0. The Bertz CT molecular complexity index is 76.0. The standard InChI is InChI=1S/C8H14/c1-2-5-8-6-3-4-7-8/h2,5,8H,3-4,6-7H2,1H3. The zero-order chi connectivity index (χ0) is 5.82. The van der Waals surface area contributed by atoms with E-state index >= 15 is 0 Å². The fourth-order valence-corrected chi connectivity index (χ4v) is 1.42. The topological polar surface area (TPSA) is 0 Å². The number of rotatable bonds is 1. The maximum absolute atomic E-state index is 2.34. The van der Waals surface area contributed by atoms with Crippen molar-refractivity contribution in [1.82, 2.24) is 0 Å². The van der Waals surface area contributed by atoms with Gasteiger partial charge in [0.2, 0.25) is 0 Å². The molecule has 0 unspecified atom stereocenters. The first-order chi connectivity index (χ1) is 3.93. The van der Waals surface area contributed by atoms with Gasteiger partial charge in [-0.2, -0.15) is 0 Å². The molecule has 0 heteroatoms. The Hall–Kier alpha value is -0.260. The number of hydrogen-bond acceptors (Lipinski definition) is 0. The van der Waals surface area contributed by atoms with E-state index in [9.17, 15) is 0 Å². The summed E-state index contributed by atoms with van der Waals surface area (Å²) < 4.78 is 0. The van der Waals surface area contributed by atoms with E-state index in [0.717, 1.165) is 5.92 Å². The van der Waals surface area contributed by atoms with E-state index in [1.54, 1.807) is 0 Å². The molecule has 0 spiro atoms. The first-order valence-electron chi connectivity index (χ1n) is 3.56. The lowest BCUT2D eigenvalue weighted by Crippen LogP contribution is -1.83. The Kier molecular flexibility index (Phi) is 2.13. The van der Waals surface area contributed by atoms with Crippen molar-refractivity contribution in [2.45, 2.75) is 32.6 Å². The number of hydrogen-bond donors (Lipinski definition) is 0. The van der Waals surface area contributed by atoms with Crippen molar-refractivity contribution in [2.24, 2.45) is 5.92 Å². The van der Waals surface area contributed by atoms with Gasteiger partial charge in [-0.05, 0) is 25.7 Å². The Balaban J connectivity index is 2.24. The molecule has 0 aromatic rings. The van der Waals surface area contributed by atoms with Gasteiger partial charge in [0.05, 0.1) is 0 Å². The second-order valence-corrected chi connectivity index (χ2v) is 2.57. The van der Waals surface area contributed by atoms with Crippen LogP contribution in [0.1, 0.15) is 32.6 Å². The molecule has 0 bridgehead atoms. The SMILES string of the molecule is CC=CC1CCCC1. The molecule has 0 N–H and O–H groups in total. The molecule has 1 fully saturated rings. The van der Waals surface area contributed by atoms with Gasteiger partial charge in [-0.3, -0.25) is 0 Å². The smallest absolute Gasteiger partial charge is 0.0234 e. The molecule has 0 amide bonds. The zero-order valence-electron chi connectivity index (χ0n) is 5.56. The predicted octanol–water partition coefficient (Wildman–Crippen LogP) is 2.75. The van der Waals surface area contributed by atoms with E-state index < -0.39 is 0 Å². The monoisotopic (exact) mass is 110 g/mol. The summed E-state index contributed by atoms with van der Waals surface area (Å²) in [6.45, 7) is 2.11. The molecule has 1 rings (SSSR count). The second-order valence-electron chi connectivity index (χ2n) is 2.57. The van der Waals surface area contributed by atoms with Crippen LogP contribution in [-0.2, 0) is 0 Å². The maximum Gasteiger partial charge on any atom is -0.0234 e. The Morgan fingerprint density at radius 1 is 1.25 bits per heavy atom.